The van der Waals surface area contributed by atoms with Gasteiger partial charge in [-0.05, 0) is 25.5 Å². The first-order valence-corrected chi connectivity index (χ1v) is 7.00. The quantitative estimate of drug-likeness (QED) is 0.717. The van der Waals surface area contributed by atoms with Gasteiger partial charge < -0.3 is 4.90 Å². The Morgan fingerprint density at radius 3 is 2.90 bits per heavy atom. The number of aryl methyl sites for hydroxylation is 1. The highest BCUT2D eigenvalue weighted by atomic mass is 15.4. The van der Waals surface area contributed by atoms with Crippen LogP contribution in [0.15, 0.2) is 36.8 Å². The highest BCUT2D eigenvalue weighted by Gasteiger charge is 2.22. The lowest BCUT2D eigenvalue weighted by molar-refractivity contribution is 0.788. The van der Waals surface area contributed by atoms with Gasteiger partial charge in [0, 0.05) is 49.5 Å². The Morgan fingerprint density at radius 1 is 1.19 bits per heavy atom. The summed E-state index contributed by atoms with van der Waals surface area (Å²) < 4.78 is 3.68. The van der Waals surface area contributed by atoms with E-state index in [9.17, 15) is 0 Å². The van der Waals surface area contributed by atoms with Crippen LogP contribution in [0.5, 0.6) is 0 Å². The van der Waals surface area contributed by atoms with E-state index in [1.54, 1.807) is 10.9 Å². The van der Waals surface area contributed by atoms with Crippen LogP contribution < -0.4 is 4.90 Å². The van der Waals surface area contributed by atoms with Crippen molar-refractivity contribution in [1.82, 2.24) is 24.5 Å². The van der Waals surface area contributed by atoms with Crippen LogP contribution in [0, 0.1) is 6.92 Å². The molecule has 0 radical (unpaired) electrons. The van der Waals surface area contributed by atoms with Crippen LogP contribution in [-0.4, -0.2) is 38.1 Å². The molecule has 0 aliphatic carbocycles. The van der Waals surface area contributed by atoms with Crippen molar-refractivity contribution >= 4 is 5.82 Å². The first-order chi connectivity index (χ1) is 10.2. The van der Waals surface area contributed by atoms with Crippen LogP contribution in [0.1, 0.15) is 11.3 Å². The Bertz CT molecular complexity index is 787. The summed E-state index contributed by atoms with van der Waals surface area (Å²) in [6.45, 7) is 3.03. The summed E-state index contributed by atoms with van der Waals surface area (Å²) in [6, 6.07) is 5.95. The molecule has 4 rings (SSSR count). The van der Waals surface area contributed by atoms with Crippen LogP contribution in [0.25, 0.3) is 11.5 Å². The fourth-order valence-electron chi connectivity index (χ4n) is 2.79. The third-order valence-corrected chi connectivity index (χ3v) is 3.83. The Hall–Kier alpha value is -2.63. The molecule has 0 amide bonds. The van der Waals surface area contributed by atoms with Gasteiger partial charge in [0.25, 0.3) is 0 Å². The molecule has 0 saturated carbocycles. The van der Waals surface area contributed by atoms with E-state index in [1.807, 2.05) is 36.1 Å². The van der Waals surface area contributed by atoms with Crippen molar-refractivity contribution in [2.75, 3.05) is 18.5 Å². The number of likely N-dealkylation sites (N-methyl/N-ethyl adjacent to an activating group) is 1. The normalized spacial score (nSPS) is 13.7. The molecule has 0 aromatic carbocycles. The number of hydrogen-bond donors (Lipinski definition) is 0. The predicted octanol–water partition coefficient (Wildman–Crippen LogP) is 1.75. The highest BCUT2D eigenvalue weighted by molar-refractivity contribution is 5.61. The zero-order valence-corrected chi connectivity index (χ0v) is 12.1. The maximum Gasteiger partial charge on any atom is 0.175 e. The molecular weight excluding hydrogens is 264 g/mol. The highest BCUT2D eigenvalue weighted by Crippen LogP contribution is 2.30. The monoisotopic (exact) mass is 280 g/mol. The molecule has 6 nitrogen and oxygen atoms in total. The van der Waals surface area contributed by atoms with Gasteiger partial charge in [0.2, 0.25) is 0 Å². The molecule has 3 aromatic heterocycles. The number of pyridine rings is 1. The van der Waals surface area contributed by atoms with Crippen molar-refractivity contribution < 1.29 is 0 Å². The summed E-state index contributed by atoms with van der Waals surface area (Å²) in [5, 5.41) is 8.85. The average molecular weight is 280 g/mol. The standard InChI is InChI=1S/C15H16N6/c1-11-10-13(12-4-8-19(2)15(12)17-11)20-9-5-14(18-20)21-7-3-6-16-21/h3,5-7,9-10H,4,8H2,1-2H3. The molecule has 3 aromatic rings. The summed E-state index contributed by atoms with van der Waals surface area (Å²) in [5.41, 5.74) is 3.38. The largest absolute Gasteiger partial charge is 0.359 e. The van der Waals surface area contributed by atoms with Gasteiger partial charge in [-0.15, -0.1) is 5.10 Å². The summed E-state index contributed by atoms with van der Waals surface area (Å²) in [7, 11) is 2.08. The van der Waals surface area contributed by atoms with Gasteiger partial charge in [-0.3, -0.25) is 0 Å². The zero-order chi connectivity index (χ0) is 14.4. The third kappa shape index (κ3) is 1.91. The summed E-state index contributed by atoms with van der Waals surface area (Å²) in [4.78, 5) is 6.84. The van der Waals surface area contributed by atoms with Crippen molar-refractivity contribution in [2.24, 2.45) is 0 Å². The molecule has 0 N–H and O–H groups in total. The second kappa shape index (κ2) is 4.44. The molecule has 0 bridgehead atoms. The van der Waals surface area contributed by atoms with Crippen LogP contribution in [0.2, 0.25) is 0 Å². The van der Waals surface area contributed by atoms with E-state index in [2.05, 4.69) is 33.2 Å². The average Bonchev–Trinajstić information content (AvgIpc) is 3.18. The Morgan fingerprint density at radius 2 is 2.10 bits per heavy atom. The first kappa shape index (κ1) is 12.1. The topological polar surface area (TPSA) is 51.8 Å². The smallest absolute Gasteiger partial charge is 0.175 e. The van der Waals surface area contributed by atoms with Crippen molar-refractivity contribution in [2.45, 2.75) is 13.3 Å². The fourth-order valence-corrected chi connectivity index (χ4v) is 2.79. The second-order valence-electron chi connectivity index (χ2n) is 5.33. The van der Waals surface area contributed by atoms with Gasteiger partial charge >= 0.3 is 0 Å². The fraction of sp³-hybridized carbons (Fsp3) is 0.267. The minimum absolute atomic E-state index is 0.814. The predicted molar refractivity (Wildman–Crippen MR) is 80.2 cm³/mol. The minimum Gasteiger partial charge on any atom is -0.359 e. The molecule has 4 heterocycles. The lowest BCUT2D eigenvalue weighted by atomic mass is 10.1. The number of fused-ring (bicyclic) bond motifs is 1. The van der Waals surface area contributed by atoms with E-state index in [4.69, 9.17) is 0 Å². The molecular formula is C15H16N6. The summed E-state index contributed by atoms with van der Waals surface area (Å²) in [5.74, 6) is 1.88. The lowest BCUT2D eigenvalue weighted by Crippen LogP contribution is -2.14. The Kier molecular flexibility index (Phi) is 2.57. The number of aromatic nitrogens is 5. The van der Waals surface area contributed by atoms with Crippen molar-refractivity contribution in [3.63, 3.8) is 0 Å². The van der Waals surface area contributed by atoms with Gasteiger partial charge in [0.05, 0.1) is 5.69 Å². The molecule has 21 heavy (non-hydrogen) atoms. The van der Waals surface area contributed by atoms with E-state index in [0.29, 0.717) is 0 Å². The van der Waals surface area contributed by atoms with Crippen LogP contribution >= 0.6 is 0 Å². The van der Waals surface area contributed by atoms with Crippen molar-refractivity contribution in [3.05, 3.63) is 48.0 Å². The van der Waals surface area contributed by atoms with Crippen LogP contribution in [0.3, 0.4) is 0 Å². The van der Waals surface area contributed by atoms with E-state index >= 15 is 0 Å². The molecule has 0 fully saturated rings. The number of nitrogens with zero attached hydrogens (tertiary/aromatic N) is 6. The SMILES string of the molecule is Cc1cc(-n2ccc(-n3cccn3)n2)c2c(n1)N(C)CC2. The second-order valence-corrected chi connectivity index (χ2v) is 5.33. The number of rotatable bonds is 2. The number of hydrogen-bond acceptors (Lipinski definition) is 4. The van der Waals surface area contributed by atoms with Gasteiger partial charge in [0.1, 0.15) is 5.82 Å². The third-order valence-electron chi connectivity index (χ3n) is 3.83. The van der Waals surface area contributed by atoms with Gasteiger partial charge in [0.15, 0.2) is 5.82 Å². The summed E-state index contributed by atoms with van der Waals surface area (Å²) >= 11 is 0. The van der Waals surface area contributed by atoms with Crippen LogP contribution in [0.4, 0.5) is 5.82 Å². The van der Waals surface area contributed by atoms with Crippen LogP contribution in [-0.2, 0) is 6.42 Å². The lowest BCUT2D eigenvalue weighted by Gasteiger charge is -2.13. The molecule has 0 atom stereocenters. The van der Waals surface area contributed by atoms with E-state index in [0.717, 1.165) is 36.0 Å². The number of anilines is 1. The van der Waals surface area contributed by atoms with E-state index in [-0.39, 0.29) is 0 Å². The van der Waals surface area contributed by atoms with Gasteiger partial charge in [-0.1, -0.05) is 0 Å². The molecule has 0 spiro atoms. The molecule has 106 valence electrons. The maximum atomic E-state index is 4.64. The van der Waals surface area contributed by atoms with Gasteiger partial charge in [-0.2, -0.15) is 5.10 Å². The van der Waals surface area contributed by atoms with Crippen molar-refractivity contribution in [1.29, 1.82) is 0 Å². The zero-order valence-electron chi connectivity index (χ0n) is 12.1. The van der Waals surface area contributed by atoms with E-state index < -0.39 is 0 Å². The Balaban J connectivity index is 1.83. The summed E-state index contributed by atoms with van der Waals surface area (Å²) in [6.07, 6.45) is 6.63. The molecule has 0 saturated heterocycles. The van der Waals surface area contributed by atoms with Crippen molar-refractivity contribution in [3.8, 4) is 11.5 Å². The first-order valence-electron chi connectivity index (χ1n) is 7.00. The molecule has 1 aliphatic heterocycles. The molecule has 6 heteroatoms. The maximum absolute atomic E-state index is 4.64. The minimum atomic E-state index is 0.814. The van der Waals surface area contributed by atoms with Gasteiger partial charge in [-0.25, -0.2) is 14.3 Å². The Labute approximate surface area is 122 Å². The molecule has 0 unspecified atom stereocenters. The van der Waals surface area contributed by atoms with E-state index in [1.165, 1.54) is 5.56 Å². The molecule has 1 aliphatic rings.